The molecule has 0 atom stereocenters. The highest BCUT2D eigenvalue weighted by Gasteiger charge is 2.20. The Morgan fingerprint density at radius 3 is 2.48 bits per heavy atom. The predicted octanol–water partition coefficient (Wildman–Crippen LogP) is 5.97. The molecule has 130 valence electrons. The van der Waals surface area contributed by atoms with E-state index in [0.29, 0.717) is 27.1 Å². The molecule has 0 amide bonds. The van der Waals surface area contributed by atoms with Crippen molar-refractivity contribution in [2.45, 2.75) is 6.92 Å². The first-order chi connectivity index (χ1) is 11.8. The number of halogens is 5. The lowest BCUT2D eigenvalue weighted by atomic mass is 10.1. The molecule has 0 bridgehead atoms. The topological polar surface area (TPSA) is 29.9 Å². The van der Waals surface area contributed by atoms with Crippen LogP contribution in [0, 0.1) is 24.4 Å². The minimum absolute atomic E-state index is 0.0643. The summed E-state index contributed by atoms with van der Waals surface area (Å²) in [5, 5.41) is 7.11. The maximum atomic E-state index is 14.1. The van der Waals surface area contributed by atoms with Crippen LogP contribution in [-0.2, 0) is 7.05 Å². The summed E-state index contributed by atoms with van der Waals surface area (Å²) in [7, 11) is 1.67. The summed E-state index contributed by atoms with van der Waals surface area (Å²) in [6.45, 7) is 1.78. The Morgan fingerprint density at radius 2 is 1.84 bits per heavy atom. The smallest absolute Gasteiger partial charge is 0.151 e. The Morgan fingerprint density at radius 1 is 1.12 bits per heavy atom. The van der Waals surface area contributed by atoms with Gasteiger partial charge in [0.1, 0.15) is 17.5 Å². The highest BCUT2D eigenvalue weighted by molar-refractivity contribution is 9.10. The van der Waals surface area contributed by atoms with Crippen molar-refractivity contribution in [3.05, 3.63) is 63.0 Å². The van der Waals surface area contributed by atoms with Crippen molar-refractivity contribution in [1.82, 2.24) is 9.78 Å². The van der Waals surface area contributed by atoms with Crippen LogP contribution in [0.1, 0.15) is 5.69 Å². The van der Waals surface area contributed by atoms with Crippen LogP contribution in [-0.4, -0.2) is 9.78 Å². The second-order valence-corrected chi connectivity index (χ2v) is 6.69. The average Bonchev–Trinajstić information content (AvgIpc) is 2.77. The summed E-state index contributed by atoms with van der Waals surface area (Å²) in [4.78, 5) is 0. The van der Waals surface area contributed by atoms with Gasteiger partial charge in [0.25, 0.3) is 0 Å². The fourth-order valence-corrected chi connectivity index (χ4v) is 3.39. The molecule has 3 rings (SSSR count). The summed E-state index contributed by atoms with van der Waals surface area (Å²) < 4.78 is 42.8. The van der Waals surface area contributed by atoms with Crippen molar-refractivity contribution >= 4 is 39.0 Å². The zero-order valence-electron chi connectivity index (χ0n) is 13.2. The molecule has 0 aliphatic rings. The summed E-state index contributed by atoms with van der Waals surface area (Å²) in [6.07, 6.45) is 0. The van der Waals surface area contributed by atoms with Crippen LogP contribution in [0.25, 0.3) is 11.1 Å². The molecule has 0 aliphatic heterocycles. The monoisotopic (exact) mass is 429 g/mol. The molecule has 1 aromatic heterocycles. The van der Waals surface area contributed by atoms with Gasteiger partial charge < -0.3 is 5.32 Å². The lowest BCUT2D eigenvalue weighted by Gasteiger charge is -2.13. The van der Waals surface area contributed by atoms with E-state index in [2.05, 4.69) is 26.3 Å². The third-order valence-corrected chi connectivity index (χ3v) is 4.63. The first-order valence-corrected chi connectivity index (χ1v) is 8.35. The molecule has 3 aromatic rings. The number of rotatable bonds is 3. The van der Waals surface area contributed by atoms with E-state index in [1.165, 1.54) is 16.8 Å². The molecule has 1 heterocycles. The molecule has 25 heavy (non-hydrogen) atoms. The second-order valence-electron chi connectivity index (χ2n) is 5.43. The highest BCUT2D eigenvalue weighted by Crippen LogP contribution is 2.39. The van der Waals surface area contributed by atoms with Crippen LogP contribution in [0.15, 0.2) is 34.8 Å². The molecule has 0 spiro atoms. The van der Waals surface area contributed by atoms with Gasteiger partial charge in [0.2, 0.25) is 0 Å². The lowest BCUT2D eigenvalue weighted by molar-refractivity contribution is 0.586. The predicted molar refractivity (Wildman–Crippen MR) is 95.7 cm³/mol. The van der Waals surface area contributed by atoms with Crippen LogP contribution >= 0.6 is 27.5 Å². The number of nitrogens with zero attached hydrogens (tertiary/aromatic N) is 2. The van der Waals surface area contributed by atoms with Crippen molar-refractivity contribution in [2.24, 2.45) is 7.05 Å². The number of benzene rings is 2. The third-order valence-electron chi connectivity index (χ3n) is 3.67. The maximum Gasteiger partial charge on any atom is 0.151 e. The van der Waals surface area contributed by atoms with Gasteiger partial charge in [0.05, 0.1) is 16.4 Å². The van der Waals surface area contributed by atoms with Gasteiger partial charge in [-0.25, -0.2) is 13.2 Å². The molecule has 0 radical (unpaired) electrons. The summed E-state index contributed by atoms with van der Waals surface area (Å²) >= 11 is 9.29. The molecule has 0 saturated carbocycles. The Balaban J connectivity index is 2.16. The van der Waals surface area contributed by atoms with Gasteiger partial charge >= 0.3 is 0 Å². The highest BCUT2D eigenvalue weighted by atomic mass is 79.9. The maximum absolute atomic E-state index is 14.1. The van der Waals surface area contributed by atoms with Crippen LogP contribution in [0.2, 0.25) is 5.02 Å². The van der Waals surface area contributed by atoms with Crippen LogP contribution in [0.5, 0.6) is 0 Å². The quantitative estimate of drug-likeness (QED) is 0.554. The van der Waals surface area contributed by atoms with Gasteiger partial charge in [-0.2, -0.15) is 5.10 Å². The molecule has 0 aliphatic carbocycles. The molecular weight excluding hydrogens is 419 g/mol. The van der Waals surface area contributed by atoms with Crippen molar-refractivity contribution in [2.75, 3.05) is 5.32 Å². The summed E-state index contributed by atoms with van der Waals surface area (Å²) in [5.41, 5.74) is 1.91. The van der Waals surface area contributed by atoms with Gasteiger partial charge in [0, 0.05) is 28.7 Å². The van der Waals surface area contributed by atoms with E-state index in [1.807, 2.05) is 0 Å². The largest absolute Gasteiger partial charge is 0.336 e. The van der Waals surface area contributed by atoms with E-state index in [0.717, 1.165) is 12.1 Å². The fourth-order valence-electron chi connectivity index (χ4n) is 2.60. The molecule has 2 aromatic carbocycles. The molecule has 8 heteroatoms. The molecule has 0 fully saturated rings. The van der Waals surface area contributed by atoms with E-state index < -0.39 is 11.6 Å². The Hall–Kier alpha value is -1.99. The summed E-state index contributed by atoms with van der Waals surface area (Å²) in [5.74, 6) is -1.54. The Bertz CT molecular complexity index is 949. The van der Waals surface area contributed by atoms with Crippen LogP contribution in [0.3, 0.4) is 0 Å². The first-order valence-electron chi connectivity index (χ1n) is 7.18. The van der Waals surface area contributed by atoms with Gasteiger partial charge in [-0.1, -0.05) is 33.6 Å². The summed E-state index contributed by atoms with van der Waals surface area (Å²) in [6, 6.07) is 6.00. The number of aromatic nitrogens is 2. The van der Waals surface area contributed by atoms with E-state index in [-0.39, 0.29) is 16.5 Å². The Kier molecular flexibility index (Phi) is 4.79. The zero-order chi connectivity index (χ0) is 18.3. The second kappa shape index (κ2) is 6.72. The van der Waals surface area contributed by atoms with Gasteiger partial charge in [0.15, 0.2) is 5.82 Å². The normalized spacial score (nSPS) is 11.0. The fraction of sp³-hybridized carbons (Fsp3) is 0.118. The number of aryl methyl sites for hydroxylation is 2. The number of hydrogen-bond acceptors (Lipinski definition) is 2. The van der Waals surface area contributed by atoms with Gasteiger partial charge in [-0.15, -0.1) is 0 Å². The van der Waals surface area contributed by atoms with E-state index >= 15 is 0 Å². The number of anilines is 2. The standard InChI is InChI=1S/C17H12BrClF3N3/c1-8-15(11-4-3-9(20)5-12(11)18)17(25(2)24-8)23-16-13(19)6-10(21)7-14(16)22/h3-7,23H,1-2H3. The van der Waals surface area contributed by atoms with Crippen molar-refractivity contribution in [1.29, 1.82) is 0 Å². The van der Waals surface area contributed by atoms with E-state index in [1.54, 1.807) is 20.0 Å². The first kappa shape index (κ1) is 17.8. The van der Waals surface area contributed by atoms with E-state index in [9.17, 15) is 13.2 Å². The average molecular weight is 431 g/mol. The molecular formula is C17H12BrClF3N3. The van der Waals surface area contributed by atoms with Crippen molar-refractivity contribution < 1.29 is 13.2 Å². The van der Waals surface area contributed by atoms with Crippen molar-refractivity contribution in [3.8, 4) is 11.1 Å². The number of nitrogens with one attached hydrogen (secondary N) is 1. The Labute approximate surface area is 155 Å². The van der Waals surface area contributed by atoms with Gasteiger partial charge in [-0.3, -0.25) is 4.68 Å². The molecule has 3 nitrogen and oxygen atoms in total. The third kappa shape index (κ3) is 3.39. The lowest BCUT2D eigenvalue weighted by Crippen LogP contribution is -2.03. The van der Waals surface area contributed by atoms with E-state index in [4.69, 9.17) is 11.6 Å². The molecule has 0 saturated heterocycles. The van der Waals surface area contributed by atoms with Crippen LogP contribution in [0.4, 0.5) is 24.7 Å². The number of hydrogen-bond donors (Lipinski definition) is 1. The zero-order valence-corrected chi connectivity index (χ0v) is 15.5. The molecule has 1 N–H and O–H groups in total. The minimum Gasteiger partial charge on any atom is -0.336 e. The van der Waals surface area contributed by atoms with Crippen LogP contribution < -0.4 is 5.32 Å². The minimum atomic E-state index is -0.826. The molecule has 0 unspecified atom stereocenters. The van der Waals surface area contributed by atoms with Crippen molar-refractivity contribution in [3.63, 3.8) is 0 Å². The SMILES string of the molecule is Cc1nn(C)c(Nc2c(F)cc(F)cc2Cl)c1-c1ccc(F)cc1Br. The van der Waals surface area contributed by atoms with Gasteiger partial charge in [-0.05, 0) is 25.1 Å².